The molecule has 0 heterocycles. The second-order valence-corrected chi connectivity index (χ2v) is 6.55. The quantitative estimate of drug-likeness (QED) is 0.573. The molecule has 0 aliphatic rings. The highest BCUT2D eigenvalue weighted by molar-refractivity contribution is 5.97. The van der Waals surface area contributed by atoms with Crippen molar-refractivity contribution in [2.24, 2.45) is 5.92 Å². The molecule has 0 spiro atoms. The number of nitrogens with zero attached hydrogens (tertiary/aromatic N) is 1. The molecule has 0 radical (unpaired) electrons. The van der Waals surface area contributed by atoms with Crippen LogP contribution in [0.2, 0.25) is 0 Å². The minimum atomic E-state index is -0.953. The van der Waals surface area contributed by atoms with Crippen LogP contribution in [0.15, 0.2) is 18.2 Å². The summed E-state index contributed by atoms with van der Waals surface area (Å²) < 4.78 is 10.8. The van der Waals surface area contributed by atoms with Crippen LogP contribution in [0.25, 0.3) is 0 Å². The van der Waals surface area contributed by atoms with Gasteiger partial charge in [-0.3, -0.25) is 9.59 Å². The van der Waals surface area contributed by atoms with E-state index in [4.69, 9.17) is 9.47 Å². The van der Waals surface area contributed by atoms with Crippen molar-refractivity contribution in [3.63, 3.8) is 0 Å². The Morgan fingerprint density at radius 2 is 2.04 bits per heavy atom. The molecule has 1 unspecified atom stereocenters. The van der Waals surface area contributed by atoms with Crippen LogP contribution in [0, 0.1) is 17.2 Å². The third-order valence-corrected chi connectivity index (χ3v) is 3.51. The van der Waals surface area contributed by atoms with Gasteiger partial charge in [0.05, 0.1) is 5.56 Å². The van der Waals surface area contributed by atoms with Gasteiger partial charge in [-0.1, -0.05) is 20.8 Å². The normalized spacial score (nSPS) is 13.0. The van der Waals surface area contributed by atoms with E-state index >= 15 is 0 Å². The van der Waals surface area contributed by atoms with Crippen molar-refractivity contribution in [2.75, 3.05) is 11.9 Å². The molecule has 1 aromatic rings. The molecule has 25 heavy (non-hydrogen) atoms. The number of carbonyl (C=O) groups is 2. The van der Waals surface area contributed by atoms with E-state index in [1.54, 1.807) is 13.0 Å². The van der Waals surface area contributed by atoms with Gasteiger partial charge in [-0.05, 0) is 43.9 Å². The predicted octanol–water partition coefficient (Wildman–Crippen LogP) is 3.65. The Morgan fingerprint density at radius 3 is 2.56 bits per heavy atom. The number of ether oxygens (including phenoxy) is 2. The zero-order valence-corrected chi connectivity index (χ0v) is 15.5. The summed E-state index contributed by atoms with van der Waals surface area (Å²) in [7, 11) is 0. The molecule has 0 saturated carbocycles. The van der Waals surface area contributed by atoms with Crippen LogP contribution >= 0.6 is 0 Å². The average molecular weight is 346 g/mol. The summed E-state index contributed by atoms with van der Waals surface area (Å²) in [5.41, 5.74) is -0.327. The zero-order valence-electron chi connectivity index (χ0n) is 15.5. The van der Waals surface area contributed by atoms with Crippen LogP contribution in [-0.4, -0.2) is 24.1 Å². The van der Waals surface area contributed by atoms with Gasteiger partial charge in [-0.2, -0.15) is 5.26 Å². The van der Waals surface area contributed by atoms with Gasteiger partial charge in [0.15, 0.2) is 0 Å². The topological polar surface area (TPSA) is 88.4 Å². The van der Waals surface area contributed by atoms with Crippen molar-refractivity contribution in [2.45, 2.75) is 53.1 Å². The maximum atomic E-state index is 12.7. The molecule has 0 bridgehead atoms. The van der Waals surface area contributed by atoms with E-state index in [1.807, 2.05) is 26.8 Å². The zero-order chi connectivity index (χ0) is 19.0. The van der Waals surface area contributed by atoms with Gasteiger partial charge < -0.3 is 14.8 Å². The maximum absolute atomic E-state index is 12.7. The first-order chi connectivity index (χ1) is 11.7. The summed E-state index contributed by atoms with van der Waals surface area (Å²) in [4.78, 5) is 23.8. The predicted molar refractivity (Wildman–Crippen MR) is 95.2 cm³/mol. The minimum Gasteiger partial charge on any atom is -0.425 e. The largest absolute Gasteiger partial charge is 0.425 e. The SMILES string of the molecule is CCCOC(C)(CC(C)C)C(=O)Nc1ccc(OC(C)=O)c(C#N)c1. The Labute approximate surface area is 149 Å². The summed E-state index contributed by atoms with van der Waals surface area (Å²) in [6, 6.07) is 6.52. The molecule has 0 aromatic heterocycles. The van der Waals surface area contributed by atoms with Crippen molar-refractivity contribution in [1.29, 1.82) is 5.26 Å². The van der Waals surface area contributed by atoms with Crippen LogP contribution in [0.3, 0.4) is 0 Å². The fraction of sp³-hybridized carbons (Fsp3) is 0.526. The van der Waals surface area contributed by atoms with Gasteiger partial charge in [0.2, 0.25) is 0 Å². The smallest absolute Gasteiger partial charge is 0.308 e. The lowest BCUT2D eigenvalue weighted by molar-refractivity contribution is -0.141. The maximum Gasteiger partial charge on any atom is 0.308 e. The Hall–Kier alpha value is -2.39. The number of amides is 1. The number of esters is 1. The van der Waals surface area contributed by atoms with Gasteiger partial charge >= 0.3 is 5.97 Å². The van der Waals surface area contributed by atoms with Crippen LogP contribution in [0.1, 0.15) is 53.0 Å². The second-order valence-electron chi connectivity index (χ2n) is 6.55. The molecule has 1 rings (SSSR count). The van der Waals surface area contributed by atoms with E-state index in [0.29, 0.717) is 18.7 Å². The van der Waals surface area contributed by atoms with Crippen LogP contribution in [0.4, 0.5) is 5.69 Å². The van der Waals surface area contributed by atoms with Crippen LogP contribution in [0.5, 0.6) is 5.75 Å². The number of anilines is 1. The fourth-order valence-corrected chi connectivity index (χ4v) is 2.53. The highest BCUT2D eigenvalue weighted by Crippen LogP contribution is 2.26. The molecule has 1 atom stereocenters. The Bertz CT molecular complexity index is 664. The van der Waals surface area contributed by atoms with Gasteiger partial charge in [0.25, 0.3) is 5.91 Å². The molecule has 6 nitrogen and oxygen atoms in total. The molecule has 6 heteroatoms. The van der Waals surface area contributed by atoms with Crippen LogP contribution < -0.4 is 10.1 Å². The summed E-state index contributed by atoms with van der Waals surface area (Å²) >= 11 is 0. The first-order valence-electron chi connectivity index (χ1n) is 8.39. The van der Waals surface area contributed by atoms with Crippen molar-refractivity contribution < 1.29 is 19.1 Å². The van der Waals surface area contributed by atoms with Gasteiger partial charge in [-0.25, -0.2) is 0 Å². The molecule has 0 fully saturated rings. The lowest BCUT2D eigenvalue weighted by Crippen LogP contribution is -2.44. The highest BCUT2D eigenvalue weighted by Gasteiger charge is 2.35. The molecule has 136 valence electrons. The third-order valence-electron chi connectivity index (χ3n) is 3.51. The summed E-state index contributed by atoms with van der Waals surface area (Å²) in [5.74, 6) is -0.321. The second kappa shape index (κ2) is 9.19. The number of carbonyl (C=O) groups excluding carboxylic acids is 2. The molecular weight excluding hydrogens is 320 g/mol. The highest BCUT2D eigenvalue weighted by atomic mass is 16.5. The molecule has 0 aliphatic heterocycles. The van der Waals surface area contributed by atoms with E-state index in [0.717, 1.165) is 6.42 Å². The number of hydrogen-bond acceptors (Lipinski definition) is 5. The lowest BCUT2D eigenvalue weighted by Gasteiger charge is -2.30. The van der Waals surface area contributed by atoms with E-state index < -0.39 is 11.6 Å². The molecule has 0 saturated heterocycles. The molecule has 1 aromatic carbocycles. The monoisotopic (exact) mass is 346 g/mol. The van der Waals surface area contributed by atoms with E-state index in [-0.39, 0.29) is 23.1 Å². The number of rotatable bonds is 8. The average Bonchev–Trinajstić information content (AvgIpc) is 2.53. The summed E-state index contributed by atoms with van der Waals surface area (Å²) in [5, 5.41) is 12.0. The first-order valence-corrected chi connectivity index (χ1v) is 8.39. The fourth-order valence-electron chi connectivity index (χ4n) is 2.53. The van der Waals surface area contributed by atoms with Crippen molar-refractivity contribution in [3.05, 3.63) is 23.8 Å². The van der Waals surface area contributed by atoms with Gasteiger partial charge in [0.1, 0.15) is 17.4 Å². The van der Waals surface area contributed by atoms with E-state index in [2.05, 4.69) is 5.32 Å². The number of nitriles is 1. The molecule has 0 aliphatic carbocycles. The van der Waals surface area contributed by atoms with Crippen molar-refractivity contribution in [1.82, 2.24) is 0 Å². The van der Waals surface area contributed by atoms with E-state index in [9.17, 15) is 14.9 Å². The Morgan fingerprint density at radius 1 is 1.36 bits per heavy atom. The van der Waals surface area contributed by atoms with Crippen LogP contribution in [-0.2, 0) is 14.3 Å². The summed E-state index contributed by atoms with van der Waals surface area (Å²) in [6.45, 7) is 9.58. The number of benzene rings is 1. The minimum absolute atomic E-state index is 0.167. The van der Waals surface area contributed by atoms with Crippen molar-refractivity contribution >= 4 is 17.6 Å². The Balaban J connectivity index is 3.00. The molecule has 1 amide bonds. The van der Waals surface area contributed by atoms with Gasteiger partial charge in [0, 0.05) is 19.2 Å². The van der Waals surface area contributed by atoms with Crippen molar-refractivity contribution in [3.8, 4) is 11.8 Å². The van der Waals surface area contributed by atoms with Gasteiger partial charge in [-0.15, -0.1) is 0 Å². The standard InChI is InChI=1S/C19H26N2O4/c1-6-9-24-19(5,11-13(2)3)18(23)21-16-7-8-17(25-14(4)22)15(10-16)12-20/h7-8,10,13H,6,9,11H2,1-5H3,(H,21,23). The van der Waals surface area contributed by atoms with E-state index in [1.165, 1.54) is 19.1 Å². The molecule has 1 N–H and O–H groups in total. The Kier molecular flexibility index (Phi) is 7.59. The summed E-state index contributed by atoms with van der Waals surface area (Å²) in [6.07, 6.45) is 1.39. The first kappa shape index (κ1) is 20.7. The number of nitrogens with one attached hydrogen (secondary N) is 1. The number of hydrogen-bond donors (Lipinski definition) is 1. The lowest BCUT2D eigenvalue weighted by atomic mass is 9.93. The molecular formula is C19H26N2O4. The third kappa shape index (κ3) is 6.20.